The van der Waals surface area contributed by atoms with Crippen LogP contribution in [0.1, 0.15) is 65.7 Å². The van der Waals surface area contributed by atoms with Gasteiger partial charge in [0.2, 0.25) is 0 Å². The van der Waals surface area contributed by atoms with Crippen LogP contribution in [0.4, 0.5) is 4.79 Å². The SMILES string of the molecule is CC(CCCC(C)C(=O)O)NC(=O)NCC1(C)CCCC1. The number of carbonyl (C=O) groups is 2. The Morgan fingerprint density at radius 3 is 2.38 bits per heavy atom. The molecule has 1 fully saturated rings. The molecule has 0 aliphatic heterocycles. The molecule has 1 aliphatic rings. The fraction of sp³-hybridized carbons (Fsp3) is 0.875. The molecule has 0 bridgehead atoms. The summed E-state index contributed by atoms with van der Waals surface area (Å²) in [6.45, 7) is 6.65. The predicted molar refractivity (Wildman–Crippen MR) is 83.2 cm³/mol. The molecule has 3 N–H and O–H groups in total. The molecular formula is C16H30N2O3. The zero-order valence-corrected chi connectivity index (χ0v) is 13.6. The van der Waals surface area contributed by atoms with Crippen LogP contribution >= 0.6 is 0 Å². The summed E-state index contributed by atoms with van der Waals surface area (Å²) in [6, 6.07) is -0.0377. The topological polar surface area (TPSA) is 78.4 Å². The normalized spacial score (nSPS) is 19.8. The van der Waals surface area contributed by atoms with Crippen LogP contribution in [0.25, 0.3) is 0 Å². The first-order chi connectivity index (χ1) is 9.82. The number of carboxylic acids is 1. The van der Waals surface area contributed by atoms with Crippen molar-refractivity contribution in [1.29, 1.82) is 0 Å². The first-order valence-electron chi connectivity index (χ1n) is 8.09. The summed E-state index contributed by atoms with van der Waals surface area (Å²) in [7, 11) is 0. The molecule has 0 saturated heterocycles. The average Bonchev–Trinajstić information content (AvgIpc) is 2.83. The van der Waals surface area contributed by atoms with E-state index in [2.05, 4.69) is 17.6 Å². The maximum absolute atomic E-state index is 11.8. The fourth-order valence-corrected chi connectivity index (χ4v) is 2.90. The largest absolute Gasteiger partial charge is 0.481 e. The van der Waals surface area contributed by atoms with Crippen molar-refractivity contribution in [3.63, 3.8) is 0 Å². The molecule has 2 unspecified atom stereocenters. The Bertz CT molecular complexity index is 351. The summed E-state index contributed by atoms with van der Waals surface area (Å²) in [4.78, 5) is 22.6. The lowest BCUT2D eigenvalue weighted by Gasteiger charge is -2.24. The van der Waals surface area contributed by atoms with E-state index in [0.717, 1.165) is 19.4 Å². The van der Waals surface area contributed by atoms with Gasteiger partial charge in [0.05, 0.1) is 5.92 Å². The van der Waals surface area contributed by atoms with Gasteiger partial charge in [0, 0.05) is 12.6 Å². The van der Waals surface area contributed by atoms with Crippen LogP contribution in [0, 0.1) is 11.3 Å². The molecule has 0 aromatic heterocycles. The minimum atomic E-state index is -0.752. The van der Waals surface area contributed by atoms with Crippen LogP contribution in [0.2, 0.25) is 0 Å². The van der Waals surface area contributed by atoms with Gasteiger partial charge >= 0.3 is 12.0 Å². The number of amides is 2. The predicted octanol–water partition coefficient (Wildman–Crippen LogP) is 3.15. The van der Waals surface area contributed by atoms with Crippen molar-refractivity contribution < 1.29 is 14.7 Å². The van der Waals surface area contributed by atoms with Crippen molar-refractivity contribution in [2.45, 2.75) is 71.8 Å². The molecule has 5 heteroatoms. The number of aliphatic carboxylic acids is 1. The molecule has 0 aromatic rings. The number of urea groups is 1. The lowest BCUT2D eigenvalue weighted by Crippen LogP contribution is -2.44. The molecule has 1 rings (SSSR count). The third-order valence-corrected chi connectivity index (χ3v) is 4.56. The maximum atomic E-state index is 11.8. The van der Waals surface area contributed by atoms with Gasteiger partial charge in [-0.2, -0.15) is 0 Å². The van der Waals surface area contributed by atoms with Crippen LogP contribution in [0.5, 0.6) is 0 Å². The molecule has 0 spiro atoms. The quantitative estimate of drug-likeness (QED) is 0.644. The molecule has 122 valence electrons. The highest BCUT2D eigenvalue weighted by molar-refractivity contribution is 5.74. The lowest BCUT2D eigenvalue weighted by atomic mass is 9.89. The first-order valence-corrected chi connectivity index (χ1v) is 8.09. The van der Waals surface area contributed by atoms with Crippen molar-refractivity contribution >= 4 is 12.0 Å². The molecule has 5 nitrogen and oxygen atoms in total. The van der Waals surface area contributed by atoms with E-state index in [9.17, 15) is 9.59 Å². The van der Waals surface area contributed by atoms with Crippen LogP contribution < -0.4 is 10.6 Å². The molecule has 0 aromatic carbocycles. The second-order valence-electron chi connectivity index (χ2n) is 6.92. The Kier molecular flexibility index (Phi) is 6.99. The van der Waals surface area contributed by atoms with Crippen LogP contribution in [-0.2, 0) is 4.79 Å². The number of carboxylic acid groups (broad SMARTS) is 1. The minimum absolute atomic E-state index is 0.0716. The number of carbonyl (C=O) groups excluding carboxylic acids is 1. The monoisotopic (exact) mass is 298 g/mol. The van der Waals surface area contributed by atoms with E-state index in [4.69, 9.17) is 5.11 Å². The van der Waals surface area contributed by atoms with Crippen molar-refractivity contribution in [2.75, 3.05) is 6.54 Å². The molecule has 2 atom stereocenters. The Balaban J connectivity index is 2.14. The van der Waals surface area contributed by atoms with E-state index in [-0.39, 0.29) is 23.4 Å². The molecule has 0 radical (unpaired) electrons. The van der Waals surface area contributed by atoms with Crippen LogP contribution in [0.15, 0.2) is 0 Å². The zero-order valence-electron chi connectivity index (χ0n) is 13.6. The highest BCUT2D eigenvalue weighted by Crippen LogP contribution is 2.36. The van der Waals surface area contributed by atoms with Crippen LogP contribution in [-0.4, -0.2) is 29.7 Å². The van der Waals surface area contributed by atoms with Gasteiger partial charge in [0.15, 0.2) is 0 Å². The first kappa shape index (κ1) is 17.8. The van der Waals surface area contributed by atoms with Crippen molar-refractivity contribution in [3.8, 4) is 0 Å². The lowest BCUT2D eigenvalue weighted by molar-refractivity contribution is -0.141. The Labute approximate surface area is 127 Å². The molecule has 1 aliphatic carbocycles. The molecule has 21 heavy (non-hydrogen) atoms. The summed E-state index contributed by atoms with van der Waals surface area (Å²) in [5.41, 5.74) is 0.261. The van der Waals surface area contributed by atoms with Gasteiger partial charge in [-0.1, -0.05) is 33.1 Å². The van der Waals surface area contributed by atoms with E-state index >= 15 is 0 Å². The van der Waals surface area contributed by atoms with Gasteiger partial charge in [-0.25, -0.2) is 4.79 Å². The number of hydrogen-bond acceptors (Lipinski definition) is 2. The second kappa shape index (κ2) is 8.25. The van der Waals surface area contributed by atoms with E-state index in [1.165, 1.54) is 25.7 Å². The summed E-state index contributed by atoms with van der Waals surface area (Å²) in [5, 5.41) is 14.7. The van der Waals surface area contributed by atoms with Gasteiger partial charge in [-0.3, -0.25) is 4.79 Å². The zero-order chi connectivity index (χ0) is 15.9. The minimum Gasteiger partial charge on any atom is -0.481 e. The second-order valence-corrected chi connectivity index (χ2v) is 6.92. The molecule has 2 amide bonds. The summed E-state index contributed by atoms with van der Waals surface area (Å²) in [6.07, 6.45) is 7.18. The standard InChI is InChI=1S/C16H30N2O3/c1-12(14(19)20)7-6-8-13(2)18-15(21)17-11-16(3)9-4-5-10-16/h12-13H,4-11H2,1-3H3,(H,19,20)(H2,17,18,21). The van der Waals surface area contributed by atoms with Gasteiger partial charge < -0.3 is 15.7 Å². The van der Waals surface area contributed by atoms with Gasteiger partial charge in [-0.15, -0.1) is 0 Å². The van der Waals surface area contributed by atoms with Crippen molar-refractivity contribution in [3.05, 3.63) is 0 Å². The van der Waals surface area contributed by atoms with E-state index in [0.29, 0.717) is 6.42 Å². The third kappa shape index (κ3) is 6.82. The van der Waals surface area contributed by atoms with E-state index in [1.807, 2.05) is 6.92 Å². The average molecular weight is 298 g/mol. The van der Waals surface area contributed by atoms with E-state index < -0.39 is 5.97 Å². The summed E-state index contributed by atoms with van der Waals surface area (Å²) >= 11 is 0. The number of hydrogen-bond donors (Lipinski definition) is 3. The Morgan fingerprint density at radius 1 is 1.19 bits per heavy atom. The maximum Gasteiger partial charge on any atom is 0.315 e. The number of rotatable bonds is 8. The van der Waals surface area contributed by atoms with Gasteiger partial charge in [0.1, 0.15) is 0 Å². The Morgan fingerprint density at radius 2 is 1.81 bits per heavy atom. The van der Waals surface area contributed by atoms with Gasteiger partial charge in [0.25, 0.3) is 0 Å². The third-order valence-electron chi connectivity index (χ3n) is 4.56. The summed E-state index contributed by atoms with van der Waals surface area (Å²) in [5.74, 6) is -1.06. The highest BCUT2D eigenvalue weighted by atomic mass is 16.4. The smallest absolute Gasteiger partial charge is 0.315 e. The van der Waals surface area contributed by atoms with Crippen molar-refractivity contribution in [2.24, 2.45) is 11.3 Å². The van der Waals surface area contributed by atoms with Crippen molar-refractivity contribution in [1.82, 2.24) is 10.6 Å². The number of nitrogens with one attached hydrogen (secondary N) is 2. The Hall–Kier alpha value is -1.26. The fourth-order valence-electron chi connectivity index (χ4n) is 2.90. The van der Waals surface area contributed by atoms with Crippen LogP contribution in [0.3, 0.4) is 0 Å². The van der Waals surface area contributed by atoms with Gasteiger partial charge in [-0.05, 0) is 38.0 Å². The summed E-state index contributed by atoms with van der Waals surface area (Å²) < 4.78 is 0. The molecular weight excluding hydrogens is 268 g/mol. The van der Waals surface area contributed by atoms with E-state index in [1.54, 1.807) is 6.92 Å². The highest BCUT2D eigenvalue weighted by Gasteiger charge is 2.28. The molecule has 1 saturated carbocycles. The molecule has 0 heterocycles.